The van der Waals surface area contributed by atoms with Gasteiger partial charge in [-0.05, 0) is 25.5 Å². The van der Waals surface area contributed by atoms with E-state index >= 15 is 0 Å². The molecule has 1 heterocycles. The number of amides is 1. The minimum Gasteiger partial charge on any atom is -0.493 e. The van der Waals surface area contributed by atoms with E-state index in [0.29, 0.717) is 17.9 Å². The molecule has 0 spiro atoms. The summed E-state index contributed by atoms with van der Waals surface area (Å²) in [6.07, 6.45) is -0.278. The molecule has 1 saturated heterocycles. The van der Waals surface area contributed by atoms with Gasteiger partial charge in [0.05, 0.1) is 18.6 Å². The third-order valence-electron chi connectivity index (χ3n) is 3.32. The second-order valence-electron chi connectivity index (χ2n) is 5.02. The minimum absolute atomic E-state index is 0.000117. The van der Waals surface area contributed by atoms with Gasteiger partial charge < -0.3 is 14.8 Å². The van der Waals surface area contributed by atoms with Crippen LogP contribution in [0.1, 0.15) is 13.3 Å². The molecule has 116 valence electrons. The largest absolute Gasteiger partial charge is 0.493 e. The summed E-state index contributed by atoms with van der Waals surface area (Å²) >= 11 is 0. The van der Waals surface area contributed by atoms with Crippen molar-refractivity contribution in [2.24, 2.45) is 0 Å². The van der Waals surface area contributed by atoms with E-state index in [2.05, 4.69) is 5.32 Å². The number of sulfone groups is 1. The molecule has 2 atom stereocenters. The summed E-state index contributed by atoms with van der Waals surface area (Å²) < 4.78 is 33.5. The zero-order valence-corrected chi connectivity index (χ0v) is 12.9. The smallest absolute Gasteiger partial charge is 0.261 e. The fourth-order valence-corrected chi connectivity index (χ4v) is 3.86. The lowest BCUT2D eigenvalue weighted by Gasteiger charge is -2.18. The van der Waals surface area contributed by atoms with Crippen LogP contribution in [0, 0.1) is 0 Å². The molecular formula is C14H19NO5S. The maximum absolute atomic E-state index is 12.0. The molecule has 0 bridgehead atoms. The highest BCUT2D eigenvalue weighted by Gasteiger charge is 2.30. The topological polar surface area (TPSA) is 81.7 Å². The van der Waals surface area contributed by atoms with Crippen molar-refractivity contribution in [3.8, 4) is 11.5 Å². The molecule has 1 aliphatic rings. The predicted molar refractivity (Wildman–Crippen MR) is 78.3 cm³/mol. The number of hydrogen-bond acceptors (Lipinski definition) is 5. The Morgan fingerprint density at radius 1 is 1.33 bits per heavy atom. The van der Waals surface area contributed by atoms with Gasteiger partial charge in [-0.25, -0.2) is 8.42 Å². The molecule has 0 aliphatic carbocycles. The summed E-state index contributed by atoms with van der Waals surface area (Å²) in [7, 11) is -1.49. The first-order chi connectivity index (χ1) is 9.91. The molecule has 1 aromatic carbocycles. The fraction of sp³-hybridized carbons (Fsp3) is 0.500. The first kappa shape index (κ1) is 15.6. The summed E-state index contributed by atoms with van der Waals surface area (Å²) in [5, 5.41) is 2.71. The van der Waals surface area contributed by atoms with Crippen LogP contribution in [0.5, 0.6) is 11.5 Å². The lowest BCUT2D eigenvalue weighted by molar-refractivity contribution is -0.127. The number of methoxy groups -OCH3 is 1. The van der Waals surface area contributed by atoms with Crippen molar-refractivity contribution in [1.29, 1.82) is 0 Å². The Labute approximate surface area is 124 Å². The van der Waals surface area contributed by atoms with Gasteiger partial charge in [0.25, 0.3) is 5.91 Å². The first-order valence-corrected chi connectivity index (χ1v) is 8.54. The average molecular weight is 313 g/mol. The van der Waals surface area contributed by atoms with Crippen LogP contribution in [0.25, 0.3) is 0 Å². The number of para-hydroxylation sites is 2. The Bertz CT molecular complexity index is 614. The van der Waals surface area contributed by atoms with Gasteiger partial charge >= 0.3 is 0 Å². The third kappa shape index (κ3) is 4.10. The molecule has 0 aromatic heterocycles. The van der Waals surface area contributed by atoms with Crippen molar-refractivity contribution < 1.29 is 22.7 Å². The second-order valence-corrected chi connectivity index (χ2v) is 7.25. The second kappa shape index (κ2) is 6.34. The normalized spacial score (nSPS) is 21.5. The van der Waals surface area contributed by atoms with Gasteiger partial charge in [-0.1, -0.05) is 12.1 Å². The summed E-state index contributed by atoms with van der Waals surface area (Å²) in [4.78, 5) is 12.0. The van der Waals surface area contributed by atoms with Crippen LogP contribution in [-0.2, 0) is 14.6 Å². The summed E-state index contributed by atoms with van der Waals surface area (Å²) in [6.45, 7) is 1.62. The monoisotopic (exact) mass is 313 g/mol. The first-order valence-electron chi connectivity index (χ1n) is 6.72. The molecule has 0 saturated carbocycles. The number of nitrogens with one attached hydrogen (secondary N) is 1. The van der Waals surface area contributed by atoms with Gasteiger partial charge in [0.2, 0.25) is 0 Å². The van der Waals surface area contributed by atoms with Crippen LogP contribution in [-0.4, -0.2) is 45.1 Å². The van der Waals surface area contributed by atoms with E-state index in [1.807, 2.05) is 0 Å². The lowest BCUT2D eigenvalue weighted by atomic mass is 10.2. The molecule has 1 aliphatic heterocycles. The van der Waals surface area contributed by atoms with E-state index in [1.165, 1.54) is 7.11 Å². The van der Waals surface area contributed by atoms with Gasteiger partial charge in [0.1, 0.15) is 0 Å². The zero-order chi connectivity index (χ0) is 15.5. The highest BCUT2D eigenvalue weighted by atomic mass is 32.2. The summed E-state index contributed by atoms with van der Waals surface area (Å²) in [5.74, 6) is 0.810. The molecule has 1 aromatic rings. The van der Waals surface area contributed by atoms with Crippen LogP contribution in [0.15, 0.2) is 24.3 Å². The maximum Gasteiger partial charge on any atom is 0.261 e. The van der Waals surface area contributed by atoms with Crippen molar-refractivity contribution >= 4 is 15.7 Å². The van der Waals surface area contributed by atoms with Crippen LogP contribution < -0.4 is 14.8 Å². The van der Waals surface area contributed by atoms with Crippen molar-refractivity contribution in [3.05, 3.63) is 24.3 Å². The number of carbonyl (C=O) groups is 1. The van der Waals surface area contributed by atoms with Gasteiger partial charge in [-0.3, -0.25) is 4.79 Å². The maximum atomic E-state index is 12.0. The third-order valence-corrected chi connectivity index (χ3v) is 5.09. The van der Waals surface area contributed by atoms with Crippen molar-refractivity contribution in [2.75, 3.05) is 18.6 Å². The summed E-state index contributed by atoms with van der Waals surface area (Å²) in [5.41, 5.74) is 0. The van der Waals surface area contributed by atoms with Crippen molar-refractivity contribution in [3.63, 3.8) is 0 Å². The van der Waals surface area contributed by atoms with E-state index in [9.17, 15) is 13.2 Å². The molecule has 2 rings (SSSR count). The molecule has 0 radical (unpaired) electrons. The van der Waals surface area contributed by atoms with Crippen LogP contribution in [0.4, 0.5) is 0 Å². The van der Waals surface area contributed by atoms with Crippen LogP contribution in [0.3, 0.4) is 0 Å². The Hall–Kier alpha value is -1.76. The zero-order valence-electron chi connectivity index (χ0n) is 12.0. The quantitative estimate of drug-likeness (QED) is 0.868. The Balaban J connectivity index is 1.94. The predicted octanol–water partition coefficient (Wildman–Crippen LogP) is 0.766. The van der Waals surface area contributed by atoms with E-state index in [1.54, 1.807) is 31.2 Å². The number of benzene rings is 1. The number of rotatable bonds is 5. The van der Waals surface area contributed by atoms with E-state index < -0.39 is 15.9 Å². The van der Waals surface area contributed by atoms with Gasteiger partial charge in [-0.2, -0.15) is 0 Å². The molecule has 0 unspecified atom stereocenters. The van der Waals surface area contributed by atoms with E-state index in [-0.39, 0.29) is 23.5 Å². The SMILES string of the molecule is COc1ccccc1O[C@@H](C)C(=O)N[C@@H]1CCS(=O)(=O)C1. The average Bonchev–Trinajstić information content (AvgIpc) is 2.78. The number of ether oxygens (including phenoxy) is 2. The van der Waals surface area contributed by atoms with Crippen LogP contribution in [0.2, 0.25) is 0 Å². The molecule has 1 fully saturated rings. The van der Waals surface area contributed by atoms with Crippen LogP contribution >= 0.6 is 0 Å². The molecule has 1 amide bonds. The van der Waals surface area contributed by atoms with E-state index in [0.717, 1.165) is 0 Å². The highest BCUT2D eigenvalue weighted by molar-refractivity contribution is 7.91. The number of hydrogen-bond donors (Lipinski definition) is 1. The fourth-order valence-electron chi connectivity index (χ4n) is 2.19. The minimum atomic E-state index is -3.01. The van der Waals surface area contributed by atoms with E-state index in [4.69, 9.17) is 9.47 Å². The molecule has 6 nitrogen and oxygen atoms in total. The number of carbonyl (C=O) groups excluding carboxylic acids is 1. The summed E-state index contributed by atoms with van der Waals surface area (Å²) in [6, 6.07) is 6.71. The van der Waals surface area contributed by atoms with Gasteiger partial charge in [0.15, 0.2) is 27.4 Å². The highest BCUT2D eigenvalue weighted by Crippen LogP contribution is 2.26. The molecule has 21 heavy (non-hydrogen) atoms. The van der Waals surface area contributed by atoms with Gasteiger partial charge in [0, 0.05) is 6.04 Å². The lowest BCUT2D eigenvalue weighted by Crippen LogP contribution is -2.43. The molecular weight excluding hydrogens is 294 g/mol. The Kier molecular flexibility index (Phi) is 4.72. The molecule has 1 N–H and O–H groups in total. The van der Waals surface area contributed by atoms with Crippen molar-refractivity contribution in [1.82, 2.24) is 5.32 Å². The standard InChI is InChI=1S/C14H19NO5S/c1-10(20-13-6-4-3-5-12(13)19-2)14(16)15-11-7-8-21(17,18)9-11/h3-6,10-11H,7-9H2,1-2H3,(H,15,16)/t10-,11+/m0/s1. The van der Waals surface area contributed by atoms with Crippen molar-refractivity contribution in [2.45, 2.75) is 25.5 Å². The molecule has 7 heteroatoms. The Morgan fingerprint density at radius 3 is 2.57 bits per heavy atom. The Morgan fingerprint density at radius 2 is 2.00 bits per heavy atom. The van der Waals surface area contributed by atoms with Gasteiger partial charge in [-0.15, -0.1) is 0 Å².